The van der Waals surface area contributed by atoms with Gasteiger partial charge in [-0.05, 0) is 14.1 Å². The van der Waals surface area contributed by atoms with Crippen LogP contribution < -0.4 is 0 Å². The van der Waals surface area contributed by atoms with Gasteiger partial charge in [0, 0.05) is 19.1 Å². The lowest BCUT2D eigenvalue weighted by Crippen LogP contribution is -2.58. The van der Waals surface area contributed by atoms with Gasteiger partial charge < -0.3 is 10.0 Å². The molecule has 4 nitrogen and oxygen atoms in total. The van der Waals surface area contributed by atoms with Gasteiger partial charge in [-0.25, -0.2) is 0 Å². The molecule has 0 spiro atoms. The Morgan fingerprint density at radius 2 is 2.18 bits per heavy atom. The SMILES string of the molecule is CN(C)C1CN(CC(=O)O)C1. The molecule has 1 aliphatic rings. The van der Waals surface area contributed by atoms with Crippen molar-refractivity contribution in [1.82, 2.24) is 9.80 Å². The molecule has 1 rings (SSSR count). The molecule has 1 N–H and O–H groups in total. The molecule has 1 fully saturated rings. The number of likely N-dealkylation sites (tertiary alicyclic amines) is 1. The van der Waals surface area contributed by atoms with E-state index in [1.165, 1.54) is 0 Å². The van der Waals surface area contributed by atoms with E-state index in [2.05, 4.69) is 4.90 Å². The first kappa shape index (κ1) is 8.49. The van der Waals surface area contributed by atoms with Crippen molar-refractivity contribution in [2.75, 3.05) is 33.7 Å². The normalized spacial score (nSPS) is 20.3. The Labute approximate surface area is 66.4 Å². The predicted octanol–water partition coefficient (Wildman–Crippen LogP) is -0.683. The maximum absolute atomic E-state index is 10.2. The first-order chi connectivity index (χ1) is 5.09. The lowest BCUT2D eigenvalue weighted by atomic mass is 10.1. The summed E-state index contributed by atoms with van der Waals surface area (Å²) in [7, 11) is 4.03. The van der Waals surface area contributed by atoms with Gasteiger partial charge in [0.05, 0.1) is 6.54 Å². The van der Waals surface area contributed by atoms with Crippen molar-refractivity contribution in [3.05, 3.63) is 0 Å². The molecule has 0 aromatic carbocycles. The molecular weight excluding hydrogens is 144 g/mol. The minimum absolute atomic E-state index is 0.185. The van der Waals surface area contributed by atoms with Crippen LogP contribution >= 0.6 is 0 Å². The third-order valence-corrected chi connectivity index (χ3v) is 2.03. The van der Waals surface area contributed by atoms with Crippen LogP contribution in [0.15, 0.2) is 0 Å². The van der Waals surface area contributed by atoms with Crippen LogP contribution in [0.3, 0.4) is 0 Å². The highest BCUT2D eigenvalue weighted by atomic mass is 16.4. The first-order valence-corrected chi connectivity index (χ1v) is 3.70. The van der Waals surface area contributed by atoms with Gasteiger partial charge in [-0.1, -0.05) is 0 Å². The molecule has 0 amide bonds. The predicted molar refractivity (Wildman–Crippen MR) is 41.6 cm³/mol. The second-order valence-corrected chi connectivity index (χ2v) is 3.21. The Hall–Kier alpha value is -0.610. The fourth-order valence-corrected chi connectivity index (χ4v) is 1.19. The molecule has 0 aliphatic carbocycles. The molecule has 1 saturated heterocycles. The fourth-order valence-electron chi connectivity index (χ4n) is 1.19. The zero-order valence-corrected chi connectivity index (χ0v) is 6.95. The topological polar surface area (TPSA) is 43.8 Å². The highest BCUT2D eigenvalue weighted by molar-refractivity contribution is 5.69. The molecule has 64 valence electrons. The van der Waals surface area contributed by atoms with Gasteiger partial charge in [0.2, 0.25) is 0 Å². The molecule has 0 unspecified atom stereocenters. The van der Waals surface area contributed by atoms with E-state index < -0.39 is 5.97 Å². The molecule has 0 bridgehead atoms. The van der Waals surface area contributed by atoms with E-state index in [0.717, 1.165) is 13.1 Å². The number of carbonyl (C=O) groups is 1. The van der Waals surface area contributed by atoms with Crippen LogP contribution in [-0.4, -0.2) is 60.6 Å². The van der Waals surface area contributed by atoms with Gasteiger partial charge in [-0.2, -0.15) is 0 Å². The number of likely N-dealkylation sites (N-methyl/N-ethyl adjacent to an activating group) is 1. The van der Waals surface area contributed by atoms with E-state index in [-0.39, 0.29) is 6.54 Å². The zero-order chi connectivity index (χ0) is 8.43. The second kappa shape index (κ2) is 3.19. The number of hydrogen-bond donors (Lipinski definition) is 1. The summed E-state index contributed by atoms with van der Waals surface area (Å²) >= 11 is 0. The van der Waals surface area contributed by atoms with E-state index in [4.69, 9.17) is 5.11 Å². The average molecular weight is 158 g/mol. The standard InChI is InChI=1S/C7H14N2O2/c1-8(2)6-3-9(4-6)5-7(10)11/h6H,3-5H2,1-2H3,(H,10,11). The Balaban J connectivity index is 2.14. The van der Waals surface area contributed by atoms with Gasteiger partial charge in [0.25, 0.3) is 0 Å². The van der Waals surface area contributed by atoms with E-state index in [9.17, 15) is 4.79 Å². The van der Waals surface area contributed by atoms with E-state index in [0.29, 0.717) is 6.04 Å². The summed E-state index contributed by atoms with van der Waals surface area (Å²) in [6.07, 6.45) is 0. The smallest absolute Gasteiger partial charge is 0.317 e. The second-order valence-electron chi connectivity index (χ2n) is 3.21. The summed E-state index contributed by atoms with van der Waals surface area (Å²) in [6, 6.07) is 0.550. The van der Waals surface area contributed by atoms with Crippen molar-refractivity contribution in [1.29, 1.82) is 0 Å². The highest BCUT2D eigenvalue weighted by Crippen LogP contribution is 2.10. The molecule has 1 heterocycles. The molecule has 0 aromatic heterocycles. The van der Waals surface area contributed by atoms with Gasteiger partial charge >= 0.3 is 5.97 Å². The number of carboxylic acids is 1. The molecule has 0 atom stereocenters. The van der Waals surface area contributed by atoms with Crippen molar-refractivity contribution >= 4 is 5.97 Å². The van der Waals surface area contributed by atoms with Crippen molar-refractivity contribution < 1.29 is 9.90 Å². The van der Waals surface area contributed by atoms with Crippen LogP contribution in [0.4, 0.5) is 0 Å². The van der Waals surface area contributed by atoms with Crippen molar-refractivity contribution in [2.24, 2.45) is 0 Å². The highest BCUT2D eigenvalue weighted by Gasteiger charge is 2.28. The Morgan fingerprint density at radius 3 is 2.55 bits per heavy atom. The van der Waals surface area contributed by atoms with Gasteiger partial charge in [-0.3, -0.25) is 9.69 Å². The van der Waals surface area contributed by atoms with Crippen molar-refractivity contribution in [3.8, 4) is 0 Å². The molecule has 11 heavy (non-hydrogen) atoms. The molecular formula is C7H14N2O2. The minimum atomic E-state index is -0.734. The van der Waals surface area contributed by atoms with Gasteiger partial charge in [0.1, 0.15) is 0 Å². The van der Waals surface area contributed by atoms with E-state index in [1.54, 1.807) is 0 Å². The van der Waals surface area contributed by atoms with Crippen LogP contribution in [0.1, 0.15) is 0 Å². The third-order valence-electron chi connectivity index (χ3n) is 2.03. The van der Waals surface area contributed by atoms with Crippen molar-refractivity contribution in [3.63, 3.8) is 0 Å². The average Bonchev–Trinajstić information content (AvgIpc) is 1.75. The molecule has 0 saturated carbocycles. The maximum atomic E-state index is 10.2. The van der Waals surface area contributed by atoms with Crippen LogP contribution in [-0.2, 0) is 4.79 Å². The fraction of sp³-hybridized carbons (Fsp3) is 0.857. The molecule has 0 radical (unpaired) electrons. The van der Waals surface area contributed by atoms with Gasteiger partial charge in [0.15, 0.2) is 0 Å². The number of nitrogens with zero attached hydrogens (tertiary/aromatic N) is 2. The number of aliphatic carboxylic acids is 1. The molecule has 0 aromatic rings. The molecule has 4 heteroatoms. The third kappa shape index (κ3) is 2.17. The Bertz CT molecular complexity index is 153. The maximum Gasteiger partial charge on any atom is 0.317 e. The summed E-state index contributed by atoms with van der Waals surface area (Å²) in [5, 5.41) is 8.42. The summed E-state index contributed by atoms with van der Waals surface area (Å²) in [6.45, 7) is 1.96. The van der Waals surface area contributed by atoms with Crippen LogP contribution in [0, 0.1) is 0 Å². The minimum Gasteiger partial charge on any atom is -0.480 e. The van der Waals surface area contributed by atoms with E-state index in [1.807, 2.05) is 19.0 Å². The van der Waals surface area contributed by atoms with Crippen LogP contribution in [0.25, 0.3) is 0 Å². The lowest BCUT2D eigenvalue weighted by Gasteiger charge is -2.41. The summed E-state index contributed by atoms with van der Waals surface area (Å²) < 4.78 is 0. The lowest BCUT2D eigenvalue weighted by molar-refractivity contribution is -0.140. The van der Waals surface area contributed by atoms with Crippen LogP contribution in [0.2, 0.25) is 0 Å². The molecule has 1 aliphatic heterocycles. The first-order valence-electron chi connectivity index (χ1n) is 3.70. The number of rotatable bonds is 3. The number of hydrogen-bond acceptors (Lipinski definition) is 3. The largest absolute Gasteiger partial charge is 0.480 e. The monoisotopic (exact) mass is 158 g/mol. The summed E-state index contributed by atoms with van der Waals surface area (Å²) in [5.74, 6) is -0.734. The van der Waals surface area contributed by atoms with Gasteiger partial charge in [-0.15, -0.1) is 0 Å². The zero-order valence-electron chi connectivity index (χ0n) is 6.95. The summed E-state index contributed by atoms with van der Waals surface area (Å²) in [4.78, 5) is 14.3. The van der Waals surface area contributed by atoms with Crippen LogP contribution in [0.5, 0.6) is 0 Å². The Kier molecular flexibility index (Phi) is 2.46. The van der Waals surface area contributed by atoms with Crippen molar-refractivity contribution in [2.45, 2.75) is 6.04 Å². The number of carboxylic acid groups (broad SMARTS) is 1. The Morgan fingerprint density at radius 1 is 1.64 bits per heavy atom. The quantitative estimate of drug-likeness (QED) is 0.591. The van der Waals surface area contributed by atoms with E-state index >= 15 is 0 Å². The summed E-state index contributed by atoms with van der Waals surface area (Å²) in [5.41, 5.74) is 0.